The van der Waals surface area contributed by atoms with Crippen molar-refractivity contribution in [3.05, 3.63) is 64.2 Å². The zero-order valence-corrected chi connectivity index (χ0v) is 13.1. The molecule has 2 aromatic rings. The maximum Gasteiger partial charge on any atom is 0.128 e. The second-order valence-electron chi connectivity index (χ2n) is 4.99. The summed E-state index contributed by atoms with van der Waals surface area (Å²) in [7, 11) is 0. The van der Waals surface area contributed by atoms with E-state index in [2.05, 4.69) is 23.3 Å². The van der Waals surface area contributed by atoms with E-state index in [0.717, 1.165) is 18.7 Å². The molecule has 0 saturated heterocycles. The number of likely N-dealkylation sites (N-methyl/N-ethyl adjacent to an activating group) is 1. The summed E-state index contributed by atoms with van der Waals surface area (Å²) in [6.45, 7) is 4.85. The predicted octanol–water partition coefficient (Wildman–Crippen LogP) is 4.33. The fourth-order valence-corrected chi connectivity index (χ4v) is 2.49. The summed E-state index contributed by atoms with van der Waals surface area (Å²) >= 11 is 5.99. The van der Waals surface area contributed by atoms with Gasteiger partial charge >= 0.3 is 0 Å². The third-order valence-corrected chi connectivity index (χ3v) is 3.73. The van der Waals surface area contributed by atoms with Gasteiger partial charge in [-0.05, 0) is 42.8 Å². The van der Waals surface area contributed by atoms with Crippen LogP contribution in [0.15, 0.2) is 36.5 Å². The number of nitrogens with zero attached hydrogens (tertiary/aromatic N) is 1. The molecule has 0 spiro atoms. The van der Waals surface area contributed by atoms with Crippen molar-refractivity contribution in [2.24, 2.45) is 0 Å². The molecule has 1 aromatic heterocycles. The van der Waals surface area contributed by atoms with Crippen LogP contribution in [-0.2, 0) is 12.8 Å². The van der Waals surface area contributed by atoms with Gasteiger partial charge < -0.3 is 5.32 Å². The fraction of sp³-hybridized carbons (Fsp3) is 0.353. The third-order valence-electron chi connectivity index (χ3n) is 3.49. The Labute approximate surface area is 130 Å². The summed E-state index contributed by atoms with van der Waals surface area (Å²) in [4.78, 5) is 4.45. The van der Waals surface area contributed by atoms with Gasteiger partial charge in [-0.1, -0.05) is 31.5 Å². The molecule has 0 bridgehead atoms. The molecular weight excluding hydrogens is 287 g/mol. The molecule has 0 aliphatic carbocycles. The molecule has 21 heavy (non-hydrogen) atoms. The van der Waals surface area contributed by atoms with Crippen molar-refractivity contribution in [1.29, 1.82) is 0 Å². The zero-order chi connectivity index (χ0) is 15.2. The smallest absolute Gasteiger partial charge is 0.128 e. The van der Waals surface area contributed by atoms with Crippen LogP contribution in [0.25, 0.3) is 0 Å². The van der Waals surface area contributed by atoms with E-state index in [1.165, 1.54) is 11.6 Å². The van der Waals surface area contributed by atoms with Crippen molar-refractivity contribution in [2.75, 3.05) is 6.54 Å². The molecule has 1 N–H and O–H groups in total. The number of pyridine rings is 1. The molecule has 0 fully saturated rings. The Morgan fingerprint density at radius 1 is 1.24 bits per heavy atom. The largest absolute Gasteiger partial charge is 0.310 e. The van der Waals surface area contributed by atoms with Crippen molar-refractivity contribution in [3.8, 4) is 0 Å². The van der Waals surface area contributed by atoms with E-state index < -0.39 is 0 Å². The molecule has 0 radical (unpaired) electrons. The number of hydrogen-bond acceptors (Lipinski definition) is 2. The first-order valence-electron chi connectivity index (χ1n) is 7.26. The summed E-state index contributed by atoms with van der Waals surface area (Å²) in [6, 6.07) is 8.61. The summed E-state index contributed by atoms with van der Waals surface area (Å²) in [5, 5.41) is 3.85. The molecule has 1 aromatic carbocycles. The van der Waals surface area contributed by atoms with Crippen LogP contribution >= 0.6 is 11.6 Å². The van der Waals surface area contributed by atoms with E-state index in [4.69, 9.17) is 11.6 Å². The first-order valence-corrected chi connectivity index (χ1v) is 7.64. The van der Waals surface area contributed by atoms with Gasteiger partial charge in [-0.3, -0.25) is 4.98 Å². The summed E-state index contributed by atoms with van der Waals surface area (Å²) < 4.78 is 14.0. The highest BCUT2D eigenvalue weighted by atomic mass is 35.5. The maximum atomic E-state index is 14.0. The molecular formula is C17H20ClFN2. The van der Waals surface area contributed by atoms with Crippen LogP contribution in [0.2, 0.25) is 5.02 Å². The lowest BCUT2D eigenvalue weighted by molar-refractivity contribution is 0.506. The summed E-state index contributed by atoms with van der Waals surface area (Å²) in [6.07, 6.45) is 3.48. The number of rotatable bonds is 6. The number of aryl methyl sites for hydroxylation is 1. The second-order valence-corrected chi connectivity index (χ2v) is 5.43. The monoisotopic (exact) mass is 306 g/mol. The normalized spacial score (nSPS) is 12.4. The molecule has 4 heteroatoms. The summed E-state index contributed by atoms with van der Waals surface area (Å²) in [5.41, 5.74) is 2.73. The predicted molar refractivity (Wildman–Crippen MR) is 85.1 cm³/mol. The first kappa shape index (κ1) is 15.9. The van der Waals surface area contributed by atoms with Gasteiger partial charge in [0.1, 0.15) is 5.82 Å². The van der Waals surface area contributed by atoms with E-state index in [1.54, 1.807) is 12.1 Å². The average Bonchev–Trinajstić information content (AvgIpc) is 2.50. The van der Waals surface area contributed by atoms with Gasteiger partial charge in [0.05, 0.1) is 0 Å². The molecule has 1 unspecified atom stereocenters. The van der Waals surface area contributed by atoms with Crippen molar-refractivity contribution < 1.29 is 4.39 Å². The topological polar surface area (TPSA) is 24.9 Å². The molecule has 112 valence electrons. The lowest BCUT2D eigenvalue weighted by atomic mass is 10.0. The Kier molecular flexibility index (Phi) is 5.71. The zero-order valence-electron chi connectivity index (χ0n) is 12.4. The molecule has 1 heterocycles. The molecule has 2 rings (SSSR count). The van der Waals surface area contributed by atoms with Gasteiger partial charge in [0.2, 0.25) is 0 Å². The van der Waals surface area contributed by atoms with Crippen LogP contribution in [0.4, 0.5) is 4.39 Å². The minimum Gasteiger partial charge on any atom is -0.310 e. The van der Waals surface area contributed by atoms with Gasteiger partial charge in [-0.2, -0.15) is 0 Å². The Balaban J connectivity index is 2.23. The molecule has 0 aliphatic rings. The van der Waals surface area contributed by atoms with Crippen molar-refractivity contribution in [2.45, 2.75) is 32.7 Å². The van der Waals surface area contributed by atoms with Gasteiger partial charge in [0.25, 0.3) is 0 Å². The number of hydrogen-bond donors (Lipinski definition) is 1. The molecule has 0 aliphatic heterocycles. The van der Waals surface area contributed by atoms with Crippen LogP contribution in [0.5, 0.6) is 0 Å². The second kappa shape index (κ2) is 7.53. The van der Waals surface area contributed by atoms with E-state index in [9.17, 15) is 4.39 Å². The van der Waals surface area contributed by atoms with Crippen molar-refractivity contribution >= 4 is 11.6 Å². The standard InChI is InChI=1S/C17H20ClFN2/c1-3-12-5-7-14(21-11-12)10-17(20-4-2)15-9-13(18)6-8-16(15)19/h5-9,11,17,20H,3-4,10H2,1-2H3. The van der Waals surface area contributed by atoms with Crippen LogP contribution in [0, 0.1) is 5.82 Å². The highest BCUT2D eigenvalue weighted by molar-refractivity contribution is 6.30. The van der Waals surface area contributed by atoms with Crippen LogP contribution in [-0.4, -0.2) is 11.5 Å². The van der Waals surface area contributed by atoms with E-state index in [0.29, 0.717) is 17.0 Å². The number of halogens is 2. The van der Waals surface area contributed by atoms with Crippen LogP contribution in [0.1, 0.15) is 36.7 Å². The quantitative estimate of drug-likeness (QED) is 0.859. The third kappa shape index (κ3) is 4.26. The lowest BCUT2D eigenvalue weighted by Crippen LogP contribution is -2.24. The van der Waals surface area contributed by atoms with Gasteiger partial charge in [0.15, 0.2) is 0 Å². The van der Waals surface area contributed by atoms with Gasteiger partial charge in [-0.15, -0.1) is 0 Å². The minimum absolute atomic E-state index is 0.131. The number of nitrogens with one attached hydrogen (secondary N) is 1. The Morgan fingerprint density at radius 2 is 2.05 bits per heavy atom. The number of aromatic nitrogens is 1. The Bertz CT molecular complexity index is 584. The molecule has 1 atom stereocenters. The minimum atomic E-state index is -0.240. The molecule has 2 nitrogen and oxygen atoms in total. The van der Waals surface area contributed by atoms with E-state index >= 15 is 0 Å². The fourth-order valence-electron chi connectivity index (χ4n) is 2.31. The number of benzene rings is 1. The highest BCUT2D eigenvalue weighted by Gasteiger charge is 2.16. The van der Waals surface area contributed by atoms with Crippen LogP contribution < -0.4 is 5.32 Å². The average molecular weight is 307 g/mol. The van der Waals surface area contributed by atoms with E-state index in [-0.39, 0.29) is 11.9 Å². The summed E-state index contributed by atoms with van der Waals surface area (Å²) in [5.74, 6) is -0.240. The SMILES string of the molecule is CCNC(Cc1ccc(CC)cn1)c1cc(Cl)ccc1F. The van der Waals surface area contributed by atoms with Gasteiger partial charge in [0, 0.05) is 34.9 Å². The van der Waals surface area contributed by atoms with E-state index in [1.807, 2.05) is 19.2 Å². The first-order chi connectivity index (χ1) is 10.1. The maximum absolute atomic E-state index is 14.0. The van der Waals surface area contributed by atoms with Crippen molar-refractivity contribution in [1.82, 2.24) is 10.3 Å². The van der Waals surface area contributed by atoms with Gasteiger partial charge in [-0.25, -0.2) is 4.39 Å². The Hall–Kier alpha value is -1.45. The Morgan fingerprint density at radius 3 is 2.67 bits per heavy atom. The molecule has 0 amide bonds. The highest BCUT2D eigenvalue weighted by Crippen LogP contribution is 2.24. The molecule has 0 saturated carbocycles. The lowest BCUT2D eigenvalue weighted by Gasteiger charge is -2.19. The van der Waals surface area contributed by atoms with Crippen molar-refractivity contribution in [3.63, 3.8) is 0 Å². The van der Waals surface area contributed by atoms with Crippen LogP contribution in [0.3, 0.4) is 0 Å².